The van der Waals surface area contributed by atoms with Crippen LogP contribution in [0, 0.1) is 0 Å². The first-order valence-electron chi connectivity index (χ1n) is 5.88. The van der Waals surface area contributed by atoms with Crippen LogP contribution in [0.25, 0.3) is 0 Å². The Morgan fingerprint density at radius 3 is 2.06 bits per heavy atom. The Labute approximate surface area is 106 Å². The molecule has 0 N–H and O–H groups in total. The van der Waals surface area contributed by atoms with Gasteiger partial charge in [-0.3, -0.25) is 4.79 Å². The summed E-state index contributed by atoms with van der Waals surface area (Å²) >= 11 is 0. The number of carbonyl (C=O) groups is 2. The van der Waals surface area contributed by atoms with Crippen molar-refractivity contribution in [1.29, 1.82) is 0 Å². The highest BCUT2D eigenvalue weighted by molar-refractivity contribution is 5.99. The maximum Gasteiger partial charge on any atom is 0.151 e. The third kappa shape index (κ3) is 2.92. The number of Topliss-reactive ketones (excluding diaryl/α,β-unsaturated/α-hetero) is 1. The molecular formula is C16H14O2. The summed E-state index contributed by atoms with van der Waals surface area (Å²) in [6.07, 6.45) is 1.01. The molecular weight excluding hydrogens is 224 g/mol. The van der Waals surface area contributed by atoms with Crippen molar-refractivity contribution in [3.63, 3.8) is 0 Å². The average molecular weight is 238 g/mol. The molecule has 0 fully saturated rings. The average Bonchev–Trinajstić information content (AvgIpc) is 2.42. The van der Waals surface area contributed by atoms with E-state index in [1.165, 1.54) is 0 Å². The second-order valence-electron chi connectivity index (χ2n) is 4.15. The molecule has 0 aliphatic carbocycles. The summed E-state index contributed by atoms with van der Waals surface area (Å²) in [7, 11) is 0. The van der Waals surface area contributed by atoms with E-state index in [9.17, 15) is 9.59 Å². The number of ketones is 1. The fraction of sp³-hybridized carbons (Fsp3) is 0.125. The van der Waals surface area contributed by atoms with E-state index in [1.807, 2.05) is 60.7 Å². The molecule has 0 bridgehead atoms. The zero-order valence-corrected chi connectivity index (χ0v) is 9.95. The Morgan fingerprint density at radius 1 is 0.944 bits per heavy atom. The molecule has 2 nitrogen and oxygen atoms in total. The molecule has 0 unspecified atom stereocenters. The Hall–Kier alpha value is -2.22. The Kier molecular flexibility index (Phi) is 4.02. The van der Waals surface area contributed by atoms with Crippen molar-refractivity contribution in [3.8, 4) is 0 Å². The van der Waals surface area contributed by atoms with Crippen LogP contribution in [0.1, 0.15) is 17.0 Å². The van der Waals surface area contributed by atoms with E-state index >= 15 is 0 Å². The fourth-order valence-corrected chi connectivity index (χ4v) is 1.91. The van der Waals surface area contributed by atoms with Crippen LogP contribution < -0.4 is 0 Å². The second-order valence-corrected chi connectivity index (χ2v) is 4.15. The topological polar surface area (TPSA) is 34.1 Å². The van der Waals surface area contributed by atoms with Gasteiger partial charge in [-0.2, -0.15) is 0 Å². The third-order valence-electron chi connectivity index (χ3n) is 2.86. The van der Waals surface area contributed by atoms with Crippen LogP contribution in [0.3, 0.4) is 0 Å². The first-order valence-corrected chi connectivity index (χ1v) is 5.88. The zero-order valence-electron chi connectivity index (χ0n) is 9.95. The molecule has 1 atom stereocenters. The van der Waals surface area contributed by atoms with Crippen molar-refractivity contribution in [2.45, 2.75) is 12.3 Å². The minimum Gasteiger partial charge on any atom is -0.302 e. The van der Waals surface area contributed by atoms with Gasteiger partial charge in [0.2, 0.25) is 0 Å². The van der Waals surface area contributed by atoms with Crippen LogP contribution in [0.4, 0.5) is 0 Å². The summed E-state index contributed by atoms with van der Waals surface area (Å²) in [5.41, 5.74) is 1.69. The van der Waals surface area contributed by atoms with Gasteiger partial charge >= 0.3 is 0 Å². The number of hydrogen-bond acceptors (Lipinski definition) is 2. The number of rotatable bonds is 5. The van der Waals surface area contributed by atoms with Crippen LogP contribution in [0.2, 0.25) is 0 Å². The molecule has 0 spiro atoms. The molecule has 0 saturated heterocycles. The predicted molar refractivity (Wildman–Crippen MR) is 70.4 cm³/mol. The molecule has 0 amide bonds. The van der Waals surface area contributed by atoms with Crippen LogP contribution in [-0.2, 0) is 16.0 Å². The number of hydrogen-bond donors (Lipinski definition) is 0. The van der Waals surface area contributed by atoms with Crippen molar-refractivity contribution in [2.24, 2.45) is 0 Å². The van der Waals surface area contributed by atoms with Gasteiger partial charge in [-0.05, 0) is 11.1 Å². The van der Waals surface area contributed by atoms with Crippen LogP contribution in [0.15, 0.2) is 60.7 Å². The van der Waals surface area contributed by atoms with Crippen molar-refractivity contribution < 1.29 is 9.59 Å². The van der Waals surface area contributed by atoms with E-state index in [0.717, 1.165) is 17.4 Å². The van der Waals surface area contributed by atoms with Crippen LogP contribution >= 0.6 is 0 Å². The van der Waals surface area contributed by atoms with E-state index in [0.29, 0.717) is 6.42 Å². The molecule has 0 aliphatic rings. The molecule has 2 rings (SSSR count). The highest BCUT2D eigenvalue weighted by Gasteiger charge is 2.19. The van der Waals surface area contributed by atoms with Crippen molar-refractivity contribution in [3.05, 3.63) is 71.8 Å². The summed E-state index contributed by atoms with van der Waals surface area (Å²) in [5, 5.41) is 0. The van der Waals surface area contributed by atoms with Gasteiger partial charge in [-0.15, -0.1) is 0 Å². The SMILES string of the molecule is O=C[C@H](C(=O)Cc1ccccc1)c1ccccc1. The highest BCUT2D eigenvalue weighted by atomic mass is 16.1. The third-order valence-corrected chi connectivity index (χ3v) is 2.86. The zero-order chi connectivity index (χ0) is 12.8. The van der Waals surface area contributed by atoms with Gasteiger partial charge in [-0.1, -0.05) is 60.7 Å². The molecule has 0 aliphatic heterocycles. The van der Waals surface area contributed by atoms with Gasteiger partial charge in [0.25, 0.3) is 0 Å². The Balaban J connectivity index is 2.14. The van der Waals surface area contributed by atoms with Crippen molar-refractivity contribution in [1.82, 2.24) is 0 Å². The molecule has 2 heteroatoms. The van der Waals surface area contributed by atoms with E-state index in [2.05, 4.69) is 0 Å². The molecule has 0 heterocycles. The Bertz CT molecular complexity index is 517. The standard InChI is InChI=1S/C16H14O2/c17-12-15(14-9-5-2-6-10-14)16(18)11-13-7-3-1-4-8-13/h1-10,12,15H,11H2/t15-/m0/s1. The molecule has 2 aromatic carbocycles. The van der Waals surface area contributed by atoms with E-state index in [4.69, 9.17) is 0 Å². The Morgan fingerprint density at radius 2 is 1.50 bits per heavy atom. The summed E-state index contributed by atoms with van der Waals surface area (Å²) < 4.78 is 0. The van der Waals surface area contributed by atoms with Gasteiger partial charge in [0.1, 0.15) is 6.29 Å². The van der Waals surface area contributed by atoms with Gasteiger partial charge in [-0.25, -0.2) is 0 Å². The molecule has 0 saturated carbocycles. The lowest BCUT2D eigenvalue weighted by Gasteiger charge is -2.09. The van der Waals surface area contributed by atoms with E-state index in [1.54, 1.807) is 0 Å². The van der Waals surface area contributed by atoms with E-state index in [-0.39, 0.29) is 5.78 Å². The summed E-state index contributed by atoms with van der Waals surface area (Å²) in [6, 6.07) is 18.6. The van der Waals surface area contributed by atoms with Gasteiger partial charge < -0.3 is 4.79 Å². The number of carbonyl (C=O) groups excluding carboxylic acids is 2. The minimum atomic E-state index is -0.661. The smallest absolute Gasteiger partial charge is 0.151 e. The lowest BCUT2D eigenvalue weighted by Crippen LogP contribution is -2.16. The maximum atomic E-state index is 12.1. The normalized spacial score (nSPS) is 11.8. The molecule has 90 valence electrons. The van der Waals surface area contributed by atoms with Crippen molar-refractivity contribution >= 4 is 12.1 Å². The first-order chi connectivity index (χ1) is 8.81. The summed E-state index contributed by atoms with van der Waals surface area (Å²) in [4.78, 5) is 23.2. The monoisotopic (exact) mass is 238 g/mol. The van der Waals surface area contributed by atoms with Gasteiger partial charge in [0.05, 0.1) is 5.92 Å². The molecule has 2 aromatic rings. The van der Waals surface area contributed by atoms with Crippen LogP contribution in [-0.4, -0.2) is 12.1 Å². The molecule has 0 aromatic heterocycles. The van der Waals surface area contributed by atoms with E-state index < -0.39 is 5.92 Å². The summed E-state index contributed by atoms with van der Waals surface area (Å²) in [6.45, 7) is 0. The van der Waals surface area contributed by atoms with Gasteiger partial charge in [0, 0.05) is 6.42 Å². The maximum absolute atomic E-state index is 12.1. The lowest BCUT2D eigenvalue weighted by atomic mass is 9.92. The number of aldehydes is 1. The second kappa shape index (κ2) is 5.92. The highest BCUT2D eigenvalue weighted by Crippen LogP contribution is 2.16. The largest absolute Gasteiger partial charge is 0.302 e. The van der Waals surface area contributed by atoms with Crippen LogP contribution in [0.5, 0.6) is 0 Å². The quantitative estimate of drug-likeness (QED) is 0.593. The first kappa shape index (κ1) is 12.2. The lowest BCUT2D eigenvalue weighted by molar-refractivity contribution is -0.123. The summed E-state index contributed by atoms with van der Waals surface area (Å²) in [5.74, 6) is -0.728. The van der Waals surface area contributed by atoms with Gasteiger partial charge in [0.15, 0.2) is 5.78 Å². The predicted octanol–water partition coefficient (Wildman–Crippen LogP) is 2.78. The molecule has 18 heavy (non-hydrogen) atoms. The van der Waals surface area contributed by atoms with Crippen molar-refractivity contribution in [2.75, 3.05) is 0 Å². The molecule has 0 radical (unpaired) electrons. The fourth-order valence-electron chi connectivity index (χ4n) is 1.91. The minimum absolute atomic E-state index is 0.0672. The number of benzene rings is 2.